The lowest BCUT2D eigenvalue weighted by atomic mass is 9.86. The molecule has 17 heavy (non-hydrogen) atoms. The van der Waals surface area contributed by atoms with Gasteiger partial charge in [-0.1, -0.05) is 0 Å². The van der Waals surface area contributed by atoms with E-state index >= 15 is 0 Å². The van der Waals surface area contributed by atoms with Crippen molar-refractivity contribution in [3.05, 3.63) is 0 Å². The molecule has 0 bridgehead atoms. The molecule has 0 spiro atoms. The van der Waals surface area contributed by atoms with Crippen LogP contribution in [-0.2, 0) is 0 Å². The predicted molar refractivity (Wildman–Crippen MR) is 52.2 cm³/mol. The van der Waals surface area contributed by atoms with Gasteiger partial charge in [-0.3, -0.25) is 0 Å². The highest BCUT2D eigenvalue weighted by molar-refractivity contribution is 5.75. The Labute approximate surface area is 96.1 Å². The third-order valence-corrected chi connectivity index (χ3v) is 3.35. The number of halogens is 4. The Hall–Kier alpha value is -1.01. The lowest BCUT2D eigenvalue weighted by Gasteiger charge is -2.42. The molecule has 2 rings (SSSR count). The van der Waals surface area contributed by atoms with Gasteiger partial charge >= 0.3 is 6.03 Å². The Morgan fingerprint density at radius 1 is 1.12 bits per heavy atom. The first kappa shape index (κ1) is 12.4. The molecule has 0 aromatic carbocycles. The van der Waals surface area contributed by atoms with Crippen LogP contribution in [0.5, 0.6) is 0 Å². The number of nitrogens with zero attached hydrogens (tertiary/aromatic N) is 1. The minimum Gasteiger partial charge on any atom is -0.335 e. The average Bonchev–Trinajstić information content (AvgIpc) is 2.09. The number of nitrogens with one attached hydrogen (secondary N) is 1. The van der Waals surface area contributed by atoms with Gasteiger partial charge in [-0.25, -0.2) is 22.4 Å². The molecule has 0 aromatic heterocycles. The zero-order valence-corrected chi connectivity index (χ0v) is 9.35. The highest BCUT2D eigenvalue weighted by Gasteiger charge is 2.50. The summed E-state index contributed by atoms with van der Waals surface area (Å²) in [6.45, 7) is 0. The highest BCUT2D eigenvalue weighted by atomic mass is 19.3. The van der Waals surface area contributed by atoms with E-state index in [1.54, 1.807) is 0 Å². The van der Waals surface area contributed by atoms with Crippen LogP contribution in [-0.4, -0.2) is 41.9 Å². The first-order valence-corrected chi connectivity index (χ1v) is 5.47. The monoisotopic (exact) mass is 254 g/mol. The lowest BCUT2D eigenvalue weighted by Crippen LogP contribution is -2.58. The number of rotatable bonds is 2. The van der Waals surface area contributed by atoms with Crippen LogP contribution >= 0.6 is 0 Å². The third-order valence-electron chi connectivity index (χ3n) is 3.35. The molecular formula is C10H14F4N2O. The average molecular weight is 254 g/mol. The maximum absolute atomic E-state index is 12.6. The number of urea groups is 1. The van der Waals surface area contributed by atoms with Crippen molar-refractivity contribution in [1.29, 1.82) is 0 Å². The van der Waals surface area contributed by atoms with Crippen LogP contribution in [0.25, 0.3) is 0 Å². The molecule has 0 heterocycles. The molecule has 2 aliphatic rings. The number of carbonyl (C=O) groups excluding carboxylic acids is 1. The van der Waals surface area contributed by atoms with Crippen molar-refractivity contribution in [2.45, 2.75) is 49.6 Å². The van der Waals surface area contributed by atoms with Gasteiger partial charge in [-0.15, -0.1) is 0 Å². The van der Waals surface area contributed by atoms with Crippen molar-refractivity contribution >= 4 is 6.03 Å². The lowest BCUT2D eigenvalue weighted by molar-refractivity contribution is -0.113. The van der Waals surface area contributed by atoms with Gasteiger partial charge in [0.05, 0.1) is 0 Å². The van der Waals surface area contributed by atoms with Crippen LogP contribution in [0.1, 0.15) is 25.7 Å². The Balaban J connectivity index is 1.74. The summed E-state index contributed by atoms with van der Waals surface area (Å²) < 4.78 is 50.2. The fourth-order valence-corrected chi connectivity index (χ4v) is 2.11. The fourth-order valence-electron chi connectivity index (χ4n) is 2.11. The van der Waals surface area contributed by atoms with Gasteiger partial charge in [0.15, 0.2) is 0 Å². The van der Waals surface area contributed by atoms with Crippen LogP contribution < -0.4 is 5.32 Å². The number of hydrogen-bond donors (Lipinski definition) is 1. The Kier molecular flexibility index (Phi) is 2.74. The van der Waals surface area contributed by atoms with Crippen molar-refractivity contribution in [2.24, 2.45) is 0 Å². The number of hydrogen-bond acceptors (Lipinski definition) is 1. The molecule has 0 aromatic rings. The molecule has 7 heteroatoms. The van der Waals surface area contributed by atoms with E-state index in [9.17, 15) is 22.4 Å². The zero-order chi connectivity index (χ0) is 12.8. The summed E-state index contributed by atoms with van der Waals surface area (Å²) in [4.78, 5) is 12.7. The summed E-state index contributed by atoms with van der Waals surface area (Å²) in [5, 5.41) is 2.41. The second-order valence-corrected chi connectivity index (χ2v) is 4.94. The van der Waals surface area contributed by atoms with E-state index in [-0.39, 0.29) is 25.7 Å². The van der Waals surface area contributed by atoms with Crippen molar-refractivity contribution in [3.8, 4) is 0 Å². The van der Waals surface area contributed by atoms with E-state index in [0.29, 0.717) is 0 Å². The van der Waals surface area contributed by atoms with Crippen LogP contribution in [0.2, 0.25) is 0 Å². The van der Waals surface area contributed by atoms with E-state index in [1.165, 1.54) is 11.9 Å². The predicted octanol–water partition coefficient (Wildman–Crippen LogP) is 2.22. The SMILES string of the molecule is CN(C(=O)NC1CC(F)(F)C1)C1CC(F)(F)C1. The molecule has 2 fully saturated rings. The van der Waals surface area contributed by atoms with Crippen LogP contribution in [0.4, 0.5) is 22.4 Å². The molecule has 98 valence electrons. The molecule has 0 radical (unpaired) electrons. The largest absolute Gasteiger partial charge is 0.335 e. The second-order valence-electron chi connectivity index (χ2n) is 4.94. The second kappa shape index (κ2) is 3.74. The van der Waals surface area contributed by atoms with Crippen molar-refractivity contribution in [2.75, 3.05) is 7.05 Å². The van der Waals surface area contributed by atoms with Crippen LogP contribution in [0.15, 0.2) is 0 Å². The molecular weight excluding hydrogens is 240 g/mol. The van der Waals surface area contributed by atoms with Gasteiger partial charge in [0.2, 0.25) is 0 Å². The minimum atomic E-state index is -2.69. The summed E-state index contributed by atoms with van der Waals surface area (Å²) in [5.41, 5.74) is 0. The Morgan fingerprint density at radius 3 is 2.00 bits per heavy atom. The smallest absolute Gasteiger partial charge is 0.317 e. The van der Waals surface area contributed by atoms with Gasteiger partial charge in [-0.05, 0) is 0 Å². The molecule has 0 saturated heterocycles. The van der Waals surface area contributed by atoms with E-state index < -0.39 is 30.0 Å². The molecule has 0 atom stereocenters. The van der Waals surface area contributed by atoms with Gasteiger partial charge in [0, 0.05) is 44.8 Å². The van der Waals surface area contributed by atoms with Gasteiger partial charge in [0.25, 0.3) is 11.8 Å². The molecule has 0 unspecified atom stereocenters. The Bertz CT molecular complexity index is 318. The summed E-state index contributed by atoms with van der Waals surface area (Å²) in [6, 6.07) is -1.59. The summed E-state index contributed by atoms with van der Waals surface area (Å²) in [7, 11) is 1.41. The van der Waals surface area contributed by atoms with Crippen molar-refractivity contribution in [3.63, 3.8) is 0 Å². The maximum atomic E-state index is 12.6. The topological polar surface area (TPSA) is 32.3 Å². The standard InChI is InChI=1S/C10H14F4N2O/c1-16(7-4-10(13,14)5-7)8(17)15-6-2-9(11,12)3-6/h6-7H,2-5H2,1H3,(H,15,17). The quantitative estimate of drug-likeness (QED) is 0.753. The molecule has 3 nitrogen and oxygen atoms in total. The Morgan fingerprint density at radius 2 is 1.59 bits per heavy atom. The highest BCUT2D eigenvalue weighted by Crippen LogP contribution is 2.40. The first-order valence-electron chi connectivity index (χ1n) is 5.47. The van der Waals surface area contributed by atoms with E-state index in [4.69, 9.17) is 0 Å². The molecule has 2 aliphatic carbocycles. The fraction of sp³-hybridized carbons (Fsp3) is 0.900. The number of carbonyl (C=O) groups is 1. The number of alkyl halides is 4. The zero-order valence-electron chi connectivity index (χ0n) is 9.35. The van der Waals surface area contributed by atoms with Crippen molar-refractivity contribution in [1.82, 2.24) is 10.2 Å². The molecule has 0 aliphatic heterocycles. The van der Waals surface area contributed by atoms with Gasteiger partial charge < -0.3 is 10.2 Å². The van der Waals surface area contributed by atoms with Gasteiger partial charge in [0.1, 0.15) is 0 Å². The molecule has 2 saturated carbocycles. The molecule has 2 amide bonds. The maximum Gasteiger partial charge on any atom is 0.317 e. The first-order chi connectivity index (χ1) is 7.69. The normalized spacial score (nSPS) is 26.9. The summed E-state index contributed by atoms with van der Waals surface area (Å²) in [5.74, 6) is -5.39. The van der Waals surface area contributed by atoms with Crippen LogP contribution in [0.3, 0.4) is 0 Å². The van der Waals surface area contributed by atoms with Gasteiger partial charge in [-0.2, -0.15) is 0 Å². The van der Waals surface area contributed by atoms with E-state index in [0.717, 1.165) is 0 Å². The van der Waals surface area contributed by atoms with E-state index in [1.807, 2.05) is 0 Å². The summed E-state index contributed by atoms with van der Waals surface area (Å²) in [6.07, 6.45) is -1.43. The van der Waals surface area contributed by atoms with Crippen molar-refractivity contribution < 1.29 is 22.4 Å². The van der Waals surface area contributed by atoms with Crippen LogP contribution in [0, 0.1) is 0 Å². The third kappa shape index (κ3) is 2.63. The summed E-state index contributed by atoms with van der Waals surface area (Å²) >= 11 is 0. The minimum absolute atomic E-state index is 0.349. The number of amides is 2. The van der Waals surface area contributed by atoms with E-state index in [2.05, 4.69) is 5.32 Å². The molecule has 1 N–H and O–H groups in total.